The zero-order valence-corrected chi connectivity index (χ0v) is 16.5. The van der Waals surface area contributed by atoms with E-state index in [1.165, 1.54) is 17.3 Å². The Hall–Kier alpha value is -2.86. The predicted octanol–water partition coefficient (Wildman–Crippen LogP) is 4.22. The summed E-state index contributed by atoms with van der Waals surface area (Å²) in [6.07, 6.45) is 2.03. The summed E-state index contributed by atoms with van der Waals surface area (Å²) in [7, 11) is 1.64. The molecule has 0 saturated carbocycles. The van der Waals surface area contributed by atoms with Gasteiger partial charge in [0.25, 0.3) is 0 Å². The Bertz CT molecular complexity index is 976. The first-order valence-corrected chi connectivity index (χ1v) is 10.2. The van der Waals surface area contributed by atoms with Crippen molar-refractivity contribution in [2.75, 3.05) is 24.3 Å². The summed E-state index contributed by atoms with van der Waals surface area (Å²) in [5.74, 6) is 1.24. The van der Waals surface area contributed by atoms with Crippen molar-refractivity contribution in [1.29, 1.82) is 0 Å². The van der Waals surface area contributed by atoms with Crippen molar-refractivity contribution >= 4 is 23.4 Å². The predicted molar refractivity (Wildman–Crippen MR) is 112 cm³/mol. The Morgan fingerprint density at radius 2 is 2.00 bits per heavy atom. The van der Waals surface area contributed by atoms with Gasteiger partial charge < -0.3 is 9.64 Å². The fraction of sp³-hybridized carbons (Fsp3) is 0.227. The number of carbonyl (C=O) groups excluding carboxylic acids is 1. The number of thioether (sulfide) groups is 1. The van der Waals surface area contributed by atoms with Crippen molar-refractivity contribution in [3.05, 3.63) is 66.2 Å². The minimum Gasteiger partial charge on any atom is -0.497 e. The van der Waals surface area contributed by atoms with E-state index in [1.807, 2.05) is 59.5 Å². The van der Waals surface area contributed by atoms with Crippen molar-refractivity contribution in [2.45, 2.75) is 17.9 Å². The first kappa shape index (κ1) is 18.5. The maximum Gasteiger partial charge on any atom is 0.237 e. The largest absolute Gasteiger partial charge is 0.497 e. The highest BCUT2D eigenvalue weighted by molar-refractivity contribution is 7.99. The number of rotatable bonds is 5. The summed E-state index contributed by atoms with van der Waals surface area (Å²) in [5.41, 5.74) is 4.01. The third-order valence-electron chi connectivity index (χ3n) is 4.76. The quantitative estimate of drug-likeness (QED) is 0.610. The first-order chi connectivity index (χ1) is 13.7. The van der Waals surface area contributed by atoms with E-state index in [9.17, 15) is 4.79 Å². The number of aryl methyl sites for hydroxylation is 1. The van der Waals surface area contributed by atoms with Gasteiger partial charge in [0.1, 0.15) is 10.8 Å². The fourth-order valence-electron chi connectivity index (χ4n) is 3.34. The molecule has 0 unspecified atom stereocenters. The van der Waals surface area contributed by atoms with Gasteiger partial charge in [-0.25, -0.2) is 0 Å². The van der Waals surface area contributed by atoms with Gasteiger partial charge in [0.05, 0.1) is 18.6 Å². The number of para-hydroxylation sites is 1. The van der Waals surface area contributed by atoms with Crippen LogP contribution in [0.25, 0.3) is 11.3 Å². The van der Waals surface area contributed by atoms with Gasteiger partial charge in [-0.3, -0.25) is 4.79 Å². The Morgan fingerprint density at radius 1 is 1.11 bits per heavy atom. The fourth-order valence-corrected chi connectivity index (χ4v) is 4.03. The molecule has 0 bridgehead atoms. The number of aromatic nitrogens is 2. The van der Waals surface area contributed by atoms with E-state index in [-0.39, 0.29) is 5.91 Å². The van der Waals surface area contributed by atoms with Crippen LogP contribution in [0.2, 0.25) is 0 Å². The molecule has 2 aromatic carbocycles. The highest BCUT2D eigenvalue weighted by Gasteiger charge is 2.22. The van der Waals surface area contributed by atoms with Crippen LogP contribution in [0.3, 0.4) is 0 Å². The standard InChI is InChI=1S/C22H21N3O2S/c1-27-18-9-4-7-17(14-18)19-11-12-21(24-23-19)28-15-22(26)25-13-5-8-16-6-2-3-10-20(16)25/h2-4,6-7,9-12,14H,5,8,13,15H2,1H3. The first-order valence-electron chi connectivity index (χ1n) is 9.24. The normalized spacial score (nSPS) is 13.1. The Kier molecular flexibility index (Phi) is 5.58. The zero-order valence-electron chi connectivity index (χ0n) is 15.7. The number of anilines is 1. The molecule has 1 amide bonds. The van der Waals surface area contributed by atoms with Gasteiger partial charge in [-0.15, -0.1) is 10.2 Å². The molecule has 0 aliphatic carbocycles. The number of amides is 1. The maximum atomic E-state index is 12.7. The molecule has 1 aliphatic rings. The molecule has 3 aromatic rings. The number of fused-ring (bicyclic) bond motifs is 1. The minimum absolute atomic E-state index is 0.107. The van der Waals surface area contributed by atoms with E-state index in [1.54, 1.807) is 7.11 Å². The van der Waals surface area contributed by atoms with Gasteiger partial charge >= 0.3 is 0 Å². The van der Waals surface area contributed by atoms with Crippen molar-refractivity contribution in [3.63, 3.8) is 0 Å². The van der Waals surface area contributed by atoms with Crippen LogP contribution in [-0.2, 0) is 11.2 Å². The molecule has 0 N–H and O–H groups in total. The van der Waals surface area contributed by atoms with Crippen LogP contribution in [0.1, 0.15) is 12.0 Å². The number of benzene rings is 2. The third-order valence-corrected chi connectivity index (χ3v) is 5.67. The van der Waals surface area contributed by atoms with Crippen molar-refractivity contribution < 1.29 is 9.53 Å². The number of ether oxygens (including phenoxy) is 1. The SMILES string of the molecule is COc1cccc(-c2ccc(SCC(=O)N3CCCc4ccccc43)nn2)c1. The van der Waals surface area contributed by atoms with Gasteiger partial charge in [0.2, 0.25) is 5.91 Å². The molecule has 2 heterocycles. The van der Waals surface area contributed by atoms with Crippen molar-refractivity contribution in [3.8, 4) is 17.0 Å². The second kappa shape index (κ2) is 8.44. The number of methoxy groups -OCH3 is 1. The highest BCUT2D eigenvalue weighted by Crippen LogP contribution is 2.28. The van der Waals surface area contributed by atoms with E-state index in [4.69, 9.17) is 4.74 Å². The summed E-state index contributed by atoms with van der Waals surface area (Å²) in [4.78, 5) is 14.6. The average Bonchev–Trinajstić information content (AvgIpc) is 2.77. The van der Waals surface area contributed by atoms with Crippen LogP contribution in [0.4, 0.5) is 5.69 Å². The topological polar surface area (TPSA) is 55.3 Å². The number of hydrogen-bond donors (Lipinski definition) is 0. The molecule has 142 valence electrons. The van der Waals surface area contributed by atoms with Gasteiger partial charge in [-0.2, -0.15) is 0 Å². The van der Waals surface area contributed by atoms with Crippen LogP contribution in [0.5, 0.6) is 5.75 Å². The smallest absolute Gasteiger partial charge is 0.237 e. The zero-order chi connectivity index (χ0) is 19.3. The van der Waals surface area contributed by atoms with E-state index in [2.05, 4.69) is 16.3 Å². The summed E-state index contributed by atoms with van der Waals surface area (Å²) in [6, 6.07) is 19.7. The monoisotopic (exact) mass is 391 g/mol. The molecule has 0 fully saturated rings. The van der Waals surface area contributed by atoms with Crippen LogP contribution >= 0.6 is 11.8 Å². The molecule has 0 atom stereocenters. The van der Waals surface area contributed by atoms with Crippen molar-refractivity contribution in [1.82, 2.24) is 10.2 Å². The molecule has 0 radical (unpaired) electrons. The molecule has 1 aliphatic heterocycles. The Balaban J connectivity index is 1.41. The summed E-state index contributed by atoms with van der Waals surface area (Å²) >= 11 is 1.42. The molecule has 0 saturated heterocycles. The van der Waals surface area contributed by atoms with Crippen LogP contribution in [0, 0.1) is 0 Å². The second-order valence-corrected chi connectivity index (χ2v) is 7.55. The second-order valence-electron chi connectivity index (χ2n) is 6.56. The lowest BCUT2D eigenvalue weighted by Crippen LogP contribution is -2.36. The van der Waals surface area contributed by atoms with Gasteiger partial charge in [-0.1, -0.05) is 42.1 Å². The molecule has 1 aromatic heterocycles. The average molecular weight is 391 g/mol. The lowest BCUT2D eigenvalue weighted by Gasteiger charge is -2.29. The van der Waals surface area contributed by atoms with E-state index in [0.717, 1.165) is 47.1 Å². The number of nitrogens with zero attached hydrogens (tertiary/aromatic N) is 3. The molecular weight excluding hydrogens is 370 g/mol. The lowest BCUT2D eigenvalue weighted by atomic mass is 10.0. The minimum atomic E-state index is 0.107. The molecule has 4 rings (SSSR count). The maximum absolute atomic E-state index is 12.7. The van der Waals surface area contributed by atoms with Crippen LogP contribution < -0.4 is 9.64 Å². The van der Waals surface area contributed by atoms with Crippen molar-refractivity contribution in [2.24, 2.45) is 0 Å². The van der Waals surface area contributed by atoms with E-state index >= 15 is 0 Å². The van der Waals surface area contributed by atoms with E-state index in [0.29, 0.717) is 5.75 Å². The molecule has 5 nitrogen and oxygen atoms in total. The summed E-state index contributed by atoms with van der Waals surface area (Å²) in [5, 5.41) is 9.31. The summed E-state index contributed by atoms with van der Waals surface area (Å²) in [6.45, 7) is 0.775. The molecule has 6 heteroatoms. The third kappa shape index (κ3) is 4.02. The Labute approximate surface area is 168 Å². The Morgan fingerprint density at radius 3 is 2.82 bits per heavy atom. The summed E-state index contributed by atoms with van der Waals surface area (Å²) < 4.78 is 5.25. The number of hydrogen-bond acceptors (Lipinski definition) is 5. The molecule has 28 heavy (non-hydrogen) atoms. The highest BCUT2D eigenvalue weighted by atomic mass is 32.2. The molecule has 0 spiro atoms. The lowest BCUT2D eigenvalue weighted by molar-refractivity contribution is -0.116. The van der Waals surface area contributed by atoms with Gasteiger partial charge in [-0.05, 0) is 48.7 Å². The van der Waals surface area contributed by atoms with E-state index < -0.39 is 0 Å². The van der Waals surface area contributed by atoms with Gasteiger partial charge in [0, 0.05) is 17.8 Å². The van der Waals surface area contributed by atoms with Crippen LogP contribution in [-0.4, -0.2) is 35.5 Å². The molecular formula is C22H21N3O2S. The number of carbonyl (C=O) groups is 1. The van der Waals surface area contributed by atoms with Gasteiger partial charge in [0.15, 0.2) is 0 Å². The van der Waals surface area contributed by atoms with Crippen LogP contribution in [0.15, 0.2) is 65.7 Å².